The zero-order valence-corrected chi connectivity index (χ0v) is 16.3. The summed E-state index contributed by atoms with van der Waals surface area (Å²) < 4.78 is 57.3. The molecule has 28 heavy (non-hydrogen) atoms. The van der Waals surface area contributed by atoms with E-state index in [2.05, 4.69) is 9.46 Å². The molecule has 3 N–H and O–H groups in total. The van der Waals surface area contributed by atoms with Crippen molar-refractivity contribution >= 4 is 32.3 Å². The molecule has 0 saturated carbocycles. The molecule has 0 saturated heterocycles. The van der Waals surface area contributed by atoms with Gasteiger partial charge in [-0.3, -0.25) is 4.72 Å². The number of nitrogens with one attached hydrogen (secondary N) is 1. The number of alkyl halides is 2. The van der Waals surface area contributed by atoms with Crippen molar-refractivity contribution in [2.45, 2.75) is 27.0 Å². The highest BCUT2D eigenvalue weighted by Crippen LogP contribution is 2.38. The minimum atomic E-state index is -3.40. The number of benzene rings is 2. The summed E-state index contributed by atoms with van der Waals surface area (Å²) in [6.07, 6.45) is 0. The van der Waals surface area contributed by atoms with E-state index in [4.69, 9.17) is 5.73 Å². The molecule has 3 aromatic rings. The van der Waals surface area contributed by atoms with Gasteiger partial charge in [0, 0.05) is 17.5 Å². The van der Waals surface area contributed by atoms with Crippen LogP contribution >= 0.6 is 0 Å². The Bertz CT molecular complexity index is 1090. The molecule has 0 aliphatic heterocycles. The van der Waals surface area contributed by atoms with Crippen LogP contribution in [0.25, 0.3) is 22.2 Å². The van der Waals surface area contributed by atoms with Gasteiger partial charge in [-0.05, 0) is 56.3 Å². The van der Waals surface area contributed by atoms with Gasteiger partial charge in [-0.25, -0.2) is 8.42 Å². The average Bonchev–Trinajstić information content (AvgIpc) is 2.93. The Labute approximate surface area is 162 Å². The lowest BCUT2D eigenvalue weighted by atomic mass is 10.1. The zero-order chi connectivity index (χ0) is 20.5. The molecular formula is C19H21F2N3O3S. The molecule has 1 aromatic heterocycles. The van der Waals surface area contributed by atoms with Gasteiger partial charge in [-0.15, -0.1) is 0 Å². The molecule has 0 unspecified atom stereocenters. The normalized spacial score (nSPS) is 11.9. The van der Waals surface area contributed by atoms with Crippen LogP contribution in [0.15, 0.2) is 42.5 Å². The van der Waals surface area contributed by atoms with Crippen molar-refractivity contribution in [2.75, 3.05) is 16.2 Å². The molecule has 0 aliphatic rings. The van der Waals surface area contributed by atoms with Gasteiger partial charge >= 0.3 is 6.61 Å². The monoisotopic (exact) mass is 409 g/mol. The molecule has 0 amide bonds. The molecule has 9 heteroatoms. The lowest BCUT2D eigenvalue weighted by molar-refractivity contribution is -0.0498. The van der Waals surface area contributed by atoms with Gasteiger partial charge in [0.25, 0.3) is 0 Å². The third-order valence-corrected chi connectivity index (χ3v) is 5.73. The number of ether oxygens (including phenoxy) is 1. The van der Waals surface area contributed by atoms with Gasteiger partial charge in [-0.2, -0.15) is 8.78 Å². The van der Waals surface area contributed by atoms with Crippen molar-refractivity contribution < 1.29 is 21.9 Å². The highest BCUT2D eigenvalue weighted by Gasteiger charge is 2.17. The second kappa shape index (κ2) is 7.67. The maximum absolute atomic E-state index is 12.4. The molecule has 6 nitrogen and oxygen atoms in total. The zero-order valence-electron chi connectivity index (χ0n) is 15.4. The summed E-state index contributed by atoms with van der Waals surface area (Å²) in [7, 11) is -3.40. The van der Waals surface area contributed by atoms with Crippen LogP contribution in [0.1, 0.15) is 13.8 Å². The van der Waals surface area contributed by atoms with Crippen LogP contribution in [0.4, 0.5) is 20.2 Å². The molecule has 0 spiro atoms. The molecule has 0 aliphatic carbocycles. The van der Waals surface area contributed by atoms with E-state index in [-0.39, 0.29) is 11.5 Å². The fourth-order valence-corrected chi connectivity index (χ4v) is 3.76. The van der Waals surface area contributed by atoms with Crippen molar-refractivity contribution in [3.05, 3.63) is 42.5 Å². The number of hydrogen-bond acceptors (Lipinski definition) is 4. The third kappa shape index (κ3) is 3.89. The summed E-state index contributed by atoms with van der Waals surface area (Å²) in [6, 6.07) is 11.4. The van der Waals surface area contributed by atoms with Crippen LogP contribution < -0.4 is 15.2 Å². The van der Waals surface area contributed by atoms with E-state index in [0.717, 1.165) is 22.2 Å². The molecule has 1 heterocycles. The predicted octanol–water partition coefficient (Wildman–Crippen LogP) is 4.27. The van der Waals surface area contributed by atoms with Gasteiger partial charge in [0.1, 0.15) is 5.75 Å². The summed E-state index contributed by atoms with van der Waals surface area (Å²) in [5.41, 5.74) is 9.60. The first-order chi connectivity index (χ1) is 13.3. The van der Waals surface area contributed by atoms with Gasteiger partial charge < -0.3 is 15.0 Å². The van der Waals surface area contributed by atoms with Gasteiger partial charge in [-0.1, -0.05) is 0 Å². The van der Waals surface area contributed by atoms with E-state index in [0.29, 0.717) is 17.9 Å². The standard InChI is InChI=1S/C19H21F2N3O3S/c1-3-24-16-11-13(23-28(25,26)4-2)7-10-15(16)17(22)18(24)12-5-8-14(9-6-12)27-19(20)21/h5-11,19,23H,3-4,22H2,1-2H3. The lowest BCUT2D eigenvalue weighted by Gasteiger charge is -2.11. The highest BCUT2D eigenvalue weighted by atomic mass is 32.2. The Hall–Kier alpha value is -2.81. The summed E-state index contributed by atoms with van der Waals surface area (Å²) in [5.74, 6) is 0.0352. The average molecular weight is 409 g/mol. The van der Waals surface area contributed by atoms with Crippen molar-refractivity contribution in [1.82, 2.24) is 4.57 Å². The number of rotatable bonds is 7. The van der Waals surface area contributed by atoms with Crippen molar-refractivity contribution in [3.63, 3.8) is 0 Å². The van der Waals surface area contributed by atoms with E-state index < -0.39 is 16.6 Å². The second-order valence-electron chi connectivity index (χ2n) is 6.15. The number of halogens is 2. The fraction of sp³-hybridized carbons (Fsp3) is 0.263. The second-order valence-corrected chi connectivity index (χ2v) is 8.16. The van der Waals surface area contributed by atoms with Crippen LogP contribution in [-0.4, -0.2) is 25.3 Å². The molecular weight excluding hydrogens is 388 g/mol. The Kier molecular flexibility index (Phi) is 5.46. The smallest absolute Gasteiger partial charge is 0.387 e. The quantitative estimate of drug-likeness (QED) is 0.610. The van der Waals surface area contributed by atoms with E-state index in [1.807, 2.05) is 11.5 Å². The van der Waals surface area contributed by atoms with E-state index in [9.17, 15) is 17.2 Å². The van der Waals surface area contributed by atoms with Gasteiger partial charge in [0.15, 0.2) is 0 Å². The molecule has 0 atom stereocenters. The van der Waals surface area contributed by atoms with Crippen LogP contribution in [0.3, 0.4) is 0 Å². The summed E-state index contributed by atoms with van der Waals surface area (Å²) in [4.78, 5) is 0. The first-order valence-corrected chi connectivity index (χ1v) is 10.4. The Morgan fingerprint density at radius 3 is 2.39 bits per heavy atom. The minimum absolute atomic E-state index is 0.0275. The maximum atomic E-state index is 12.4. The number of fused-ring (bicyclic) bond motifs is 1. The van der Waals surface area contributed by atoms with Crippen LogP contribution in [0.2, 0.25) is 0 Å². The van der Waals surface area contributed by atoms with E-state index >= 15 is 0 Å². The Morgan fingerprint density at radius 1 is 1.14 bits per heavy atom. The van der Waals surface area contributed by atoms with Crippen LogP contribution in [0.5, 0.6) is 5.75 Å². The molecule has 0 radical (unpaired) electrons. The van der Waals surface area contributed by atoms with E-state index in [1.54, 1.807) is 37.3 Å². The number of aryl methyl sites for hydroxylation is 1. The maximum Gasteiger partial charge on any atom is 0.387 e. The SMILES string of the molecule is CCn1c(-c2ccc(OC(F)F)cc2)c(N)c2ccc(NS(=O)(=O)CC)cc21. The first-order valence-electron chi connectivity index (χ1n) is 8.73. The number of aromatic nitrogens is 1. The molecule has 2 aromatic carbocycles. The summed E-state index contributed by atoms with van der Waals surface area (Å²) >= 11 is 0. The number of anilines is 2. The summed E-state index contributed by atoms with van der Waals surface area (Å²) in [6.45, 7) is 1.21. The van der Waals surface area contributed by atoms with Crippen molar-refractivity contribution in [2.24, 2.45) is 0 Å². The molecule has 150 valence electrons. The highest BCUT2D eigenvalue weighted by molar-refractivity contribution is 7.92. The number of nitrogens with zero attached hydrogens (tertiary/aromatic N) is 1. The Morgan fingerprint density at radius 2 is 1.82 bits per heavy atom. The van der Waals surface area contributed by atoms with Gasteiger partial charge in [0.05, 0.1) is 28.3 Å². The Balaban J connectivity index is 2.09. The largest absolute Gasteiger partial charge is 0.435 e. The molecule has 0 bridgehead atoms. The van der Waals surface area contributed by atoms with E-state index in [1.165, 1.54) is 12.1 Å². The van der Waals surface area contributed by atoms with Crippen molar-refractivity contribution in [3.8, 4) is 17.0 Å². The lowest BCUT2D eigenvalue weighted by Crippen LogP contribution is -2.14. The summed E-state index contributed by atoms with van der Waals surface area (Å²) in [5, 5.41) is 0.782. The first kappa shape index (κ1) is 19.9. The third-order valence-electron chi connectivity index (χ3n) is 4.43. The fourth-order valence-electron chi connectivity index (χ4n) is 3.13. The van der Waals surface area contributed by atoms with Gasteiger partial charge in [0.2, 0.25) is 10.0 Å². The molecule has 3 rings (SSSR count). The van der Waals surface area contributed by atoms with Crippen LogP contribution in [0, 0.1) is 0 Å². The van der Waals surface area contributed by atoms with Crippen LogP contribution in [-0.2, 0) is 16.6 Å². The predicted molar refractivity (Wildman–Crippen MR) is 107 cm³/mol. The number of nitrogens with two attached hydrogens (primary N) is 1. The number of hydrogen-bond donors (Lipinski definition) is 2. The topological polar surface area (TPSA) is 86.3 Å². The minimum Gasteiger partial charge on any atom is -0.435 e. The number of sulfonamides is 1. The molecule has 0 fully saturated rings. The van der Waals surface area contributed by atoms with Crippen molar-refractivity contribution in [1.29, 1.82) is 0 Å². The number of nitrogen functional groups attached to an aromatic ring is 1.